The molecule has 2 aromatic carbocycles. The third-order valence-corrected chi connectivity index (χ3v) is 4.42. The molecule has 6 heteroatoms. The lowest BCUT2D eigenvalue weighted by molar-refractivity contribution is -0.159. The Morgan fingerprint density at radius 1 is 1.07 bits per heavy atom. The van der Waals surface area contributed by atoms with E-state index in [0.717, 1.165) is 25.1 Å². The molecule has 0 fully saturated rings. The fourth-order valence-electron chi connectivity index (χ4n) is 3.08. The van der Waals surface area contributed by atoms with E-state index in [-0.39, 0.29) is 0 Å². The Morgan fingerprint density at radius 2 is 1.75 bits per heavy atom. The van der Waals surface area contributed by atoms with Gasteiger partial charge in [-0.1, -0.05) is 48.0 Å². The van der Waals surface area contributed by atoms with Crippen molar-refractivity contribution in [2.45, 2.75) is 25.8 Å². The van der Waals surface area contributed by atoms with E-state index in [9.17, 15) is 0 Å². The monoisotopic (exact) mass is 382 g/mol. The second-order valence-corrected chi connectivity index (χ2v) is 7.06. The number of fused-ring (bicyclic) bond motifs is 1. The zero-order chi connectivity index (χ0) is 20.7. The molecule has 0 bridgehead atoms. The second kappa shape index (κ2) is 9.80. The average molecular weight is 382 g/mol. The van der Waals surface area contributed by atoms with Gasteiger partial charge in [-0.3, -0.25) is 4.99 Å². The minimum atomic E-state index is -1.82. The van der Waals surface area contributed by atoms with Gasteiger partial charge in [-0.2, -0.15) is 0 Å². The van der Waals surface area contributed by atoms with E-state index in [1.54, 1.807) is 0 Å². The zero-order valence-corrected chi connectivity index (χ0v) is 16.4. The first kappa shape index (κ1) is 21.3. The maximum Gasteiger partial charge on any atom is 0.414 e. The Morgan fingerprint density at radius 3 is 2.36 bits per heavy atom. The number of hydrogen-bond donors (Lipinski definition) is 2. The van der Waals surface area contributed by atoms with Gasteiger partial charge in [-0.25, -0.2) is 9.59 Å². The van der Waals surface area contributed by atoms with Gasteiger partial charge in [0.2, 0.25) is 0 Å². The summed E-state index contributed by atoms with van der Waals surface area (Å²) in [6.45, 7) is 3.22. The van der Waals surface area contributed by atoms with Crippen LogP contribution >= 0.6 is 0 Å². The molecular weight excluding hydrogens is 356 g/mol. The lowest BCUT2D eigenvalue weighted by atomic mass is 9.89. The van der Waals surface area contributed by atoms with Crippen molar-refractivity contribution in [1.29, 1.82) is 0 Å². The summed E-state index contributed by atoms with van der Waals surface area (Å²) < 4.78 is 0. The van der Waals surface area contributed by atoms with Crippen molar-refractivity contribution >= 4 is 17.7 Å². The van der Waals surface area contributed by atoms with Gasteiger partial charge in [-0.05, 0) is 52.0 Å². The van der Waals surface area contributed by atoms with Crippen LogP contribution in [0, 0.1) is 6.92 Å². The van der Waals surface area contributed by atoms with E-state index in [0.29, 0.717) is 6.04 Å². The van der Waals surface area contributed by atoms with Crippen molar-refractivity contribution in [3.05, 3.63) is 70.8 Å². The molecule has 0 aliphatic carbocycles. The number of carboxylic acid groups (broad SMARTS) is 2. The van der Waals surface area contributed by atoms with E-state index >= 15 is 0 Å². The summed E-state index contributed by atoms with van der Waals surface area (Å²) in [6.07, 6.45) is 2.16. The van der Waals surface area contributed by atoms with Crippen molar-refractivity contribution in [1.82, 2.24) is 4.90 Å². The summed E-state index contributed by atoms with van der Waals surface area (Å²) in [5.74, 6) is -3.65. The Bertz CT molecular complexity index is 862. The van der Waals surface area contributed by atoms with Gasteiger partial charge in [-0.15, -0.1) is 0 Å². The Balaban J connectivity index is 0.000000409. The van der Waals surface area contributed by atoms with Crippen LogP contribution < -0.4 is 0 Å². The third-order valence-electron chi connectivity index (χ3n) is 4.42. The van der Waals surface area contributed by atoms with Gasteiger partial charge < -0.3 is 15.1 Å². The average Bonchev–Trinajstić information content (AvgIpc) is 2.66. The molecule has 0 amide bonds. The number of aliphatic imine (C=N–C) groups is 1. The molecule has 0 saturated heterocycles. The molecule has 2 aromatic rings. The van der Waals surface area contributed by atoms with Crippen LogP contribution in [0.1, 0.15) is 28.7 Å². The Hall–Kier alpha value is -2.99. The SMILES string of the molecule is Cc1cccc(C2=NC(CCN(C)C)Cc3ccccc32)c1.O=C(O)C(=O)O. The number of benzene rings is 2. The summed E-state index contributed by atoms with van der Waals surface area (Å²) in [7, 11) is 4.25. The Labute approximate surface area is 165 Å². The topological polar surface area (TPSA) is 90.2 Å². The molecule has 1 atom stereocenters. The molecule has 6 nitrogen and oxygen atoms in total. The number of hydrogen-bond acceptors (Lipinski definition) is 4. The van der Waals surface area contributed by atoms with Crippen molar-refractivity contribution < 1.29 is 19.8 Å². The summed E-state index contributed by atoms with van der Waals surface area (Å²) in [6, 6.07) is 17.8. The fraction of sp³-hybridized carbons (Fsp3) is 0.318. The van der Waals surface area contributed by atoms with Crippen molar-refractivity contribution in [3.8, 4) is 0 Å². The van der Waals surface area contributed by atoms with E-state index in [1.807, 2.05) is 0 Å². The summed E-state index contributed by atoms with van der Waals surface area (Å²) in [5, 5.41) is 14.8. The fourth-order valence-corrected chi connectivity index (χ4v) is 3.08. The van der Waals surface area contributed by atoms with E-state index in [4.69, 9.17) is 24.8 Å². The molecule has 148 valence electrons. The smallest absolute Gasteiger partial charge is 0.414 e. The summed E-state index contributed by atoms with van der Waals surface area (Å²) >= 11 is 0. The van der Waals surface area contributed by atoms with Gasteiger partial charge in [0.05, 0.1) is 11.8 Å². The van der Waals surface area contributed by atoms with Gasteiger partial charge in [0, 0.05) is 11.1 Å². The molecule has 3 rings (SSSR count). The van der Waals surface area contributed by atoms with Crippen molar-refractivity contribution in [3.63, 3.8) is 0 Å². The van der Waals surface area contributed by atoms with Gasteiger partial charge in [0.25, 0.3) is 0 Å². The molecule has 2 N–H and O–H groups in total. The first-order chi connectivity index (χ1) is 13.3. The van der Waals surface area contributed by atoms with Gasteiger partial charge >= 0.3 is 11.9 Å². The molecule has 0 aromatic heterocycles. The number of carbonyl (C=O) groups is 2. The molecule has 0 saturated carbocycles. The third kappa shape index (κ3) is 6.03. The van der Waals surface area contributed by atoms with Gasteiger partial charge in [0.1, 0.15) is 0 Å². The largest absolute Gasteiger partial charge is 0.473 e. The Kier molecular flexibility index (Phi) is 7.46. The quantitative estimate of drug-likeness (QED) is 0.794. The highest BCUT2D eigenvalue weighted by molar-refractivity contribution is 6.27. The minimum Gasteiger partial charge on any atom is -0.473 e. The molecule has 0 radical (unpaired) electrons. The zero-order valence-electron chi connectivity index (χ0n) is 16.4. The maximum atomic E-state index is 9.10. The van der Waals surface area contributed by atoms with Crippen molar-refractivity contribution in [2.75, 3.05) is 20.6 Å². The van der Waals surface area contributed by atoms with Crippen LogP contribution in [0.3, 0.4) is 0 Å². The predicted molar refractivity (Wildman–Crippen MR) is 109 cm³/mol. The number of aryl methyl sites for hydroxylation is 1. The highest BCUT2D eigenvalue weighted by Crippen LogP contribution is 2.25. The van der Waals surface area contributed by atoms with Crippen LogP contribution in [0.5, 0.6) is 0 Å². The number of nitrogens with zero attached hydrogens (tertiary/aromatic N) is 2. The molecule has 1 aliphatic rings. The second-order valence-electron chi connectivity index (χ2n) is 7.06. The maximum absolute atomic E-state index is 9.10. The van der Waals surface area contributed by atoms with Crippen LogP contribution in [0.25, 0.3) is 0 Å². The number of carboxylic acids is 2. The molecule has 0 spiro atoms. The molecular formula is C22H26N2O4. The summed E-state index contributed by atoms with van der Waals surface area (Å²) in [4.78, 5) is 25.5. The van der Waals surface area contributed by atoms with Crippen LogP contribution in [0.4, 0.5) is 0 Å². The lowest BCUT2D eigenvalue weighted by Gasteiger charge is -2.25. The van der Waals surface area contributed by atoms with Crippen molar-refractivity contribution in [2.24, 2.45) is 4.99 Å². The first-order valence-electron chi connectivity index (χ1n) is 9.12. The number of rotatable bonds is 4. The molecule has 28 heavy (non-hydrogen) atoms. The normalized spacial score (nSPS) is 15.1. The van der Waals surface area contributed by atoms with Gasteiger partial charge in [0.15, 0.2) is 0 Å². The van der Waals surface area contributed by atoms with E-state index < -0.39 is 11.9 Å². The van der Waals surface area contributed by atoms with Crippen LogP contribution in [-0.2, 0) is 16.0 Å². The van der Waals surface area contributed by atoms with Crippen LogP contribution in [0.15, 0.2) is 53.5 Å². The van der Waals surface area contributed by atoms with E-state index in [2.05, 4.69) is 74.4 Å². The highest BCUT2D eigenvalue weighted by atomic mass is 16.4. The van der Waals surface area contributed by atoms with Crippen LogP contribution in [0.2, 0.25) is 0 Å². The number of aliphatic carboxylic acids is 2. The summed E-state index contributed by atoms with van der Waals surface area (Å²) in [5.41, 5.74) is 6.41. The lowest BCUT2D eigenvalue weighted by Crippen LogP contribution is -2.25. The van der Waals surface area contributed by atoms with Crippen LogP contribution in [-0.4, -0.2) is 59.4 Å². The standard InChI is InChI=1S/C20H24N2.C2H2O4/c1-15-7-6-9-17(13-15)20-19-10-5-4-8-16(19)14-18(21-20)11-12-22(2)3;3-1(4)2(5)6/h4-10,13,18H,11-12,14H2,1-3H3;(H,3,4)(H,5,6). The molecule has 1 unspecified atom stereocenters. The highest BCUT2D eigenvalue weighted by Gasteiger charge is 2.21. The molecule has 1 heterocycles. The first-order valence-corrected chi connectivity index (χ1v) is 9.12. The minimum absolute atomic E-state index is 0.382. The van der Waals surface area contributed by atoms with E-state index in [1.165, 1.54) is 22.3 Å². The molecule has 1 aliphatic heterocycles. The predicted octanol–water partition coefficient (Wildman–Crippen LogP) is 2.86.